The van der Waals surface area contributed by atoms with Crippen molar-refractivity contribution in [2.75, 3.05) is 37.3 Å². The lowest BCUT2D eigenvalue weighted by Crippen LogP contribution is -2.46. The number of nitrogens with two attached hydrogens (primary N) is 1. The SMILES string of the molecule is CNc1cc(-c2c[nH]c(=O)c(N[C@H](C3CC3)C3CCCN(C(=O)/C=C/CN)C3)c2)ccn1. The van der Waals surface area contributed by atoms with Crippen molar-refractivity contribution in [3.8, 4) is 11.1 Å². The average Bonchev–Trinajstić information content (AvgIpc) is 3.67. The number of aromatic amines is 1. The van der Waals surface area contributed by atoms with Crippen molar-refractivity contribution >= 4 is 17.4 Å². The van der Waals surface area contributed by atoms with Gasteiger partial charge >= 0.3 is 0 Å². The van der Waals surface area contributed by atoms with Crippen LogP contribution in [0.15, 0.2) is 47.5 Å². The average molecular weight is 437 g/mol. The van der Waals surface area contributed by atoms with Gasteiger partial charge in [-0.2, -0.15) is 0 Å². The van der Waals surface area contributed by atoms with Crippen molar-refractivity contribution < 1.29 is 4.79 Å². The molecule has 2 aromatic heterocycles. The molecule has 1 saturated heterocycles. The van der Waals surface area contributed by atoms with Gasteiger partial charge in [-0.15, -0.1) is 0 Å². The summed E-state index contributed by atoms with van der Waals surface area (Å²) in [7, 11) is 1.83. The Balaban J connectivity index is 1.54. The highest BCUT2D eigenvalue weighted by atomic mass is 16.2. The van der Waals surface area contributed by atoms with Crippen LogP contribution in [0.5, 0.6) is 0 Å². The van der Waals surface area contributed by atoms with E-state index in [-0.39, 0.29) is 17.5 Å². The number of nitrogens with one attached hydrogen (secondary N) is 3. The second-order valence-electron chi connectivity index (χ2n) is 8.64. The third-order valence-electron chi connectivity index (χ3n) is 6.38. The summed E-state index contributed by atoms with van der Waals surface area (Å²) in [4.78, 5) is 34.2. The Kier molecular flexibility index (Phi) is 6.90. The zero-order valence-corrected chi connectivity index (χ0v) is 18.5. The number of H-pyrrole nitrogens is 1. The molecule has 5 N–H and O–H groups in total. The number of hydrogen-bond donors (Lipinski definition) is 4. The van der Waals surface area contributed by atoms with Gasteiger partial charge in [-0.05, 0) is 61.3 Å². The maximum atomic E-state index is 12.6. The molecule has 2 aromatic rings. The molecule has 1 aliphatic carbocycles. The van der Waals surface area contributed by atoms with Crippen LogP contribution in [-0.2, 0) is 4.79 Å². The first-order chi connectivity index (χ1) is 15.6. The molecule has 1 aliphatic heterocycles. The van der Waals surface area contributed by atoms with E-state index >= 15 is 0 Å². The lowest BCUT2D eigenvalue weighted by atomic mass is 9.87. The maximum Gasteiger partial charge on any atom is 0.271 e. The van der Waals surface area contributed by atoms with Crippen LogP contribution in [0.2, 0.25) is 0 Å². The van der Waals surface area contributed by atoms with E-state index in [9.17, 15) is 9.59 Å². The minimum Gasteiger partial charge on any atom is -0.377 e. The summed E-state index contributed by atoms with van der Waals surface area (Å²) < 4.78 is 0. The minimum atomic E-state index is -0.128. The lowest BCUT2D eigenvalue weighted by Gasteiger charge is -2.37. The molecule has 8 nitrogen and oxygen atoms in total. The van der Waals surface area contributed by atoms with E-state index in [1.165, 1.54) is 0 Å². The van der Waals surface area contributed by atoms with Crippen LogP contribution in [0.4, 0.5) is 11.5 Å². The van der Waals surface area contributed by atoms with E-state index in [0.717, 1.165) is 49.2 Å². The van der Waals surface area contributed by atoms with E-state index in [1.54, 1.807) is 24.5 Å². The van der Waals surface area contributed by atoms with Crippen molar-refractivity contribution in [2.24, 2.45) is 17.6 Å². The van der Waals surface area contributed by atoms with Gasteiger partial charge in [0.25, 0.3) is 5.56 Å². The molecule has 32 heavy (non-hydrogen) atoms. The van der Waals surface area contributed by atoms with Crippen LogP contribution in [0.25, 0.3) is 11.1 Å². The molecular formula is C24H32N6O2. The summed E-state index contributed by atoms with van der Waals surface area (Å²) in [6.07, 6.45) is 11.1. The third-order valence-corrected chi connectivity index (χ3v) is 6.38. The summed E-state index contributed by atoms with van der Waals surface area (Å²) in [6, 6.07) is 5.97. The molecule has 0 aromatic carbocycles. The smallest absolute Gasteiger partial charge is 0.271 e. The molecule has 0 radical (unpaired) electrons. The van der Waals surface area contributed by atoms with Crippen LogP contribution in [0, 0.1) is 11.8 Å². The van der Waals surface area contributed by atoms with E-state index < -0.39 is 0 Å². The maximum absolute atomic E-state index is 12.6. The zero-order chi connectivity index (χ0) is 22.5. The molecule has 2 atom stereocenters. The molecule has 1 unspecified atom stereocenters. The number of amides is 1. The predicted octanol–water partition coefficient (Wildman–Crippen LogP) is 2.42. The third kappa shape index (κ3) is 5.19. The van der Waals surface area contributed by atoms with Gasteiger partial charge in [0.2, 0.25) is 5.91 Å². The molecule has 3 heterocycles. The molecule has 2 fully saturated rings. The summed E-state index contributed by atoms with van der Waals surface area (Å²) in [5.74, 6) is 1.64. The fraction of sp³-hybridized carbons (Fsp3) is 0.458. The van der Waals surface area contributed by atoms with Gasteiger partial charge in [0.05, 0.1) is 0 Å². The largest absolute Gasteiger partial charge is 0.377 e. The molecule has 8 heteroatoms. The first-order valence-corrected chi connectivity index (χ1v) is 11.4. The zero-order valence-electron chi connectivity index (χ0n) is 18.5. The molecule has 1 saturated carbocycles. The number of piperidine rings is 1. The summed E-state index contributed by atoms with van der Waals surface area (Å²) in [5, 5.41) is 6.61. The van der Waals surface area contributed by atoms with Crippen molar-refractivity contribution in [1.82, 2.24) is 14.9 Å². The van der Waals surface area contributed by atoms with Gasteiger partial charge in [0.1, 0.15) is 11.5 Å². The topological polar surface area (TPSA) is 116 Å². The molecule has 170 valence electrons. The molecule has 4 rings (SSSR count). The standard InChI is InChI=1S/C24H32N6O2/c1-26-21-13-17(8-10-27-21)19-12-20(24(32)28-14-19)29-23(16-6-7-16)18-4-3-11-30(15-18)22(31)5-2-9-25/h2,5,8,10,12-14,16,18,23,29H,3-4,6-7,9,11,15,25H2,1H3,(H,26,27)(H,28,32)/b5-2+/t18?,23-/m1/s1. The van der Waals surface area contributed by atoms with Crippen molar-refractivity contribution in [3.63, 3.8) is 0 Å². The highest BCUT2D eigenvalue weighted by Gasteiger charge is 2.39. The van der Waals surface area contributed by atoms with E-state index in [0.29, 0.717) is 30.6 Å². The number of pyridine rings is 2. The summed E-state index contributed by atoms with van der Waals surface area (Å²) >= 11 is 0. The number of rotatable bonds is 8. The fourth-order valence-corrected chi connectivity index (χ4v) is 4.54. The van der Waals surface area contributed by atoms with Crippen molar-refractivity contribution in [2.45, 2.75) is 31.7 Å². The van der Waals surface area contributed by atoms with Crippen LogP contribution >= 0.6 is 0 Å². The van der Waals surface area contributed by atoms with Gasteiger partial charge in [-0.1, -0.05) is 6.08 Å². The fourth-order valence-electron chi connectivity index (χ4n) is 4.54. The van der Waals surface area contributed by atoms with Gasteiger partial charge in [-0.3, -0.25) is 9.59 Å². The van der Waals surface area contributed by atoms with Crippen LogP contribution < -0.4 is 21.9 Å². The first kappa shape index (κ1) is 22.1. The number of hydrogen-bond acceptors (Lipinski definition) is 6. The van der Waals surface area contributed by atoms with Gasteiger partial charge < -0.3 is 26.3 Å². The van der Waals surface area contributed by atoms with Gasteiger partial charge in [0.15, 0.2) is 0 Å². The molecular weight excluding hydrogens is 404 g/mol. The normalized spacial score (nSPS) is 19.7. The Morgan fingerprint density at radius 1 is 1.31 bits per heavy atom. The monoisotopic (exact) mass is 436 g/mol. The minimum absolute atomic E-state index is 0.0209. The highest BCUT2D eigenvalue weighted by Crippen LogP contribution is 2.40. The molecule has 1 amide bonds. The van der Waals surface area contributed by atoms with Crippen LogP contribution in [-0.4, -0.2) is 53.5 Å². The highest BCUT2D eigenvalue weighted by molar-refractivity contribution is 5.87. The van der Waals surface area contributed by atoms with E-state index in [4.69, 9.17) is 5.73 Å². The first-order valence-electron chi connectivity index (χ1n) is 11.4. The van der Waals surface area contributed by atoms with Gasteiger partial charge in [-0.25, -0.2) is 4.98 Å². The molecule has 0 bridgehead atoms. The summed E-state index contributed by atoms with van der Waals surface area (Å²) in [5.41, 5.74) is 7.85. The Morgan fingerprint density at radius 3 is 2.91 bits per heavy atom. The number of anilines is 2. The summed E-state index contributed by atoms with van der Waals surface area (Å²) in [6.45, 7) is 1.84. The number of aromatic nitrogens is 2. The Morgan fingerprint density at radius 2 is 2.16 bits per heavy atom. The van der Waals surface area contributed by atoms with E-state index in [1.807, 2.05) is 30.1 Å². The Hall–Kier alpha value is -3.13. The molecule has 0 spiro atoms. The van der Waals surface area contributed by atoms with E-state index in [2.05, 4.69) is 20.6 Å². The lowest BCUT2D eigenvalue weighted by molar-refractivity contribution is -0.127. The van der Waals surface area contributed by atoms with Crippen LogP contribution in [0.3, 0.4) is 0 Å². The number of carbonyl (C=O) groups is 1. The predicted molar refractivity (Wildman–Crippen MR) is 127 cm³/mol. The van der Waals surface area contributed by atoms with Crippen molar-refractivity contribution in [1.29, 1.82) is 0 Å². The van der Waals surface area contributed by atoms with Crippen LogP contribution in [0.1, 0.15) is 25.7 Å². The van der Waals surface area contributed by atoms with Crippen molar-refractivity contribution in [3.05, 3.63) is 53.1 Å². The van der Waals surface area contributed by atoms with Gasteiger partial charge in [0, 0.05) is 56.8 Å². The second kappa shape index (κ2) is 9.99. The number of likely N-dealkylation sites (tertiary alicyclic amines) is 1. The number of carbonyl (C=O) groups excluding carboxylic acids is 1. The Labute approximate surface area is 188 Å². The second-order valence-corrected chi connectivity index (χ2v) is 8.64. The quantitative estimate of drug-likeness (QED) is 0.472. The Bertz CT molecular complexity index is 1030. The number of nitrogens with zero attached hydrogens (tertiary/aromatic N) is 2. The molecule has 2 aliphatic rings.